The van der Waals surface area contributed by atoms with E-state index in [1.165, 1.54) is 37.3 Å². The molecule has 0 heterocycles. The van der Waals surface area contributed by atoms with E-state index < -0.39 is 28.5 Å². The van der Waals surface area contributed by atoms with Gasteiger partial charge < -0.3 is 19.7 Å². The number of methoxy groups -OCH3 is 2. The summed E-state index contributed by atoms with van der Waals surface area (Å²) in [6.45, 7) is 1.29. The summed E-state index contributed by atoms with van der Waals surface area (Å²) in [6.07, 6.45) is 3.93. The molecule has 1 saturated carbocycles. The number of ether oxygens (including phenoxy) is 2. The Kier molecular flexibility index (Phi) is 10.5. The van der Waals surface area contributed by atoms with E-state index in [0.29, 0.717) is 11.4 Å². The average Bonchev–Trinajstić information content (AvgIpc) is 3.52. The molecule has 2 amide bonds. The molecule has 0 unspecified atom stereocenters. The fourth-order valence-corrected chi connectivity index (χ4v) is 6.68. The van der Waals surface area contributed by atoms with Gasteiger partial charge in [-0.3, -0.25) is 13.9 Å². The molecule has 11 heteroatoms. The van der Waals surface area contributed by atoms with Gasteiger partial charge in [-0.25, -0.2) is 8.42 Å². The zero-order valence-corrected chi connectivity index (χ0v) is 26.4. The standard InChI is InChI=1S/C31H36BrN3O6S/c1-22(31(37)33-25-9-7-8-10-25)34(20-23-13-15-24(32)16-14-23)30(36)21-35(26-11-5-4-6-12-26)42(38,39)27-17-18-28(40-2)29(19-27)41-3/h4-6,11-19,22,25H,7-10,20-21H2,1-3H3,(H,33,37)/t22-/m1/s1. The molecule has 224 valence electrons. The lowest BCUT2D eigenvalue weighted by atomic mass is 10.1. The predicted octanol–water partition coefficient (Wildman–Crippen LogP) is 5.14. The molecular weight excluding hydrogens is 622 g/mol. The van der Waals surface area contributed by atoms with Crippen LogP contribution in [0.4, 0.5) is 5.69 Å². The van der Waals surface area contributed by atoms with Gasteiger partial charge in [0.25, 0.3) is 10.0 Å². The molecule has 0 aromatic heterocycles. The van der Waals surface area contributed by atoms with Crippen LogP contribution in [0.1, 0.15) is 38.2 Å². The Bertz CT molecular complexity index is 1480. The number of hydrogen-bond acceptors (Lipinski definition) is 6. The molecule has 42 heavy (non-hydrogen) atoms. The predicted molar refractivity (Wildman–Crippen MR) is 165 cm³/mol. The van der Waals surface area contributed by atoms with Crippen LogP contribution in [0, 0.1) is 0 Å². The summed E-state index contributed by atoms with van der Waals surface area (Å²) >= 11 is 3.43. The van der Waals surface area contributed by atoms with Crippen LogP contribution in [0.2, 0.25) is 0 Å². The summed E-state index contributed by atoms with van der Waals surface area (Å²) in [5.41, 5.74) is 1.12. The van der Waals surface area contributed by atoms with Gasteiger partial charge in [0.05, 0.1) is 24.8 Å². The highest BCUT2D eigenvalue weighted by atomic mass is 79.9. The van der Waals surface area contributed by atoms with Gasteiger partial charge in [0.2, 0.25) is 11.8 Å². The third kappa shape index (κ3) is 7.43. The van der Waals surface area contributed by atoms with E-state index in [2.05, 4.69) is 21.2 Å². The molecule has 3 aromatic carbocycles. The van der Waals surface area contributed by atoms with Gasteiger partial charge in [-0.15, -0.1) is 0 Å². The van der Waals surface area contributed by atoms with Crippen LogP contribution in [-0.2, 0) is 26.2 Å². The lowest BCUT2D eigenvalue weighted by molar-refractivity contribution is -0.139. The van der Waals surface area contributed by atoms with Crippen molar-refractivity contribution in [1.29, 1.82) is 0 Å². The molecule has 0 saturated heterocycles. The summed E-state index contributed by atoms with van der Waals surface area (Å²) < 4.78 is 40.7. The first kappa shape index (κ1) is 31.4. The molecule has 1 fully saturated rings. The Morgan fingerprint density at radius 2 is 1.60 bits per heavy atom. The maximum atomic E-state index is 14.1. The molecular formula is C31H36BrN3O6S. The number of amides is 2. The van der Waals surface area contributed by atoms with Crippen molar-refractivity contribution >= 4 is 43.5 Å². The van der Waals surface area contributed by atoms with Gasteiger partial charge >= 0.3 is 0 Å². The Morgan fingerprint density at radius 1 is 0.952 bits per heavy atom. The lowest BCUT2D eigenvalue weighted by Gasteiger charge is -2.32. The normalized spacial score (nSPS) is 14.2. The number of rotatable bonds is 12. The highest BCUT2D eigenvalue weighted by Gasteiger charge is 2.33. The Morgan fingerprint density at radius 3 is 2.21 bits per heavy atom. The smallest absolute Gasteiger partial charge is 0.264 e. The Hall–Kier alpha value is -3.57. The van der Waals surface area contributed by atoms with E-state index in [-0.39, 0.29) is 29.1 Å². The molecule has 1 N–H and O–H groups in total. The van der Waals surface area contributed by atoms with Gasteiger partial charge in [0.1, 0.15) is 12.6 Å². The number of carbonyl (C=O) groups is 2. The van der Waals surface area contributed by atoms with Crippen molar-refractivity contribution in [2.24, 2.45) is 0 Å². The van der Waals surface area contributed by atoms with E-state index in [4.69, 9.17) is 9.47 Å². The highest BCUT2D eigenvalue weighted by Crippen LogP contribution is 2.32. The van der Waals surface area contributed by atoms with E-state index in [9.17, 15) is 18.0 Å². The minimum absolute atomic E-state index is 0.0664. The average molecular weight is 659 g/mol. The number of sulfonamides is 1. The fraction of sp³-hybridized carbons (Fsp3) is 0.355. The summed E-state index contributed by atoms with van der Waals surface area (Å²) in [5, 5.41) is 3.08. The first-order chi connectivity index (χ1) is 20.1. The molecule has 0 bridgehead atoms. The second-order valence-corrected chi connectivity index (χ2v) is 13.0. The molecule has 0 aliphatic heterocycles. The highest BCUT2D eigenvalue weighted by molar-refractivity contribution is 9.10. The lowest BCUT2D eigenvalue weighted by Crippen LogP contribution is -2.52. The van der Waals surface area contributed by atoms with Crippen molar-refractivity contribution in [3.05, 3.63) is 82.8 Å². The number of para-hydroxylation sites is 1. The van der Waals surface area contributed by atoms with Gasteiger partial charge in [-0.1, -0.05) is 59.1 Å². The zero-order chi connectivity index (χ0) is 30.3. The fourth-order valence-electron chi connectivity index (χ4n) is 4.99. The Labute approximate surface area is 256 Å². The third-order valence-corrected chi connectivity index (χ3v) is 9.70. The summed E-state index contributed by atoms with van der Waals surface area (Å²) in [4.78, 5) is 28.8. The van der Waals surface area contributed by atoms with Gasteiger partial charge in [0, 0.05) is 23.1 Å². The maximum Gasteiger partial charge on any atom is 0.264 e. The minimum atomic E-state index is -4.24. The number of anilines is 1. The van der Waals surface area contributed by atoms with Crippen LogP contribution in [0.5, 0.6) is 11.5 Å². The van der Waals surface area contributed by atoms with E-state index in [1.54, 1.807) is 37.3 Å². The number of nitrogens with zero attached hydrogens (tertiary/aromatic N) is 2. The van der Waals surface area contributed by atoms with Crippen molar-refractivity contribution in [2.45, 2.75) is 56.1 Å². The van der Waals surface area contributed by atoms with E-state index in [0.717, 1.165) is 40.0 Å². The quantitative estimate of drug-likeness (QED) is 0.289. The topological polar surface area (TPSA) is 105 Å². The molecule has 4 rings (SSSR count). The van der Waals surface area contributed by atoms with Gasteiger partial charge in [0.15, 0.2) is 11.5 Å². The first-order valence-electron chi connectivity index (χ1n) is 13.8. The zero-order valence-electron chi connectivity index (χ0n) is 24.0. The molecule has 3 aromatic rings. The Balaban J connectivity index is 1.69. The molecule has 9 nitrogen and oxygen atoms in total. The van der Waals surface area contributed by atoms with Crippen molar-refractivity contribution in [2.75, 3.05) is 25.1 Å². The van der Waals surface area contributed by atoms with Crippen molar-refractivity contribution in [3.8, 4) is 11.5 Å². The maximum absolute atomic E-state index is 14.1. The number of benzene rings is 3. The molecule has 0 radical (unpaired) electrons. The summed E-state index contributed by atoms with van der Waals surface area (Å²) in [5.74, 6) is -0.158. The van der Waals surface area contributed by atoms with Crippen LogP contribution < -0.4 is 19.1 Å². The first-order valence-corrected chi connectivity index (χ1v) is 16.0. The molecule has 1 aliphatic rings. The minimum Gasteiger partial charge on any atom is -0.493 e. The monoisotopic (exact) mass is 657 g/mol. The van der Waals surface area contributed by atoms with E-state index in [1.807, 2.05) is 24.3 Å². The van der Waals surface area contributed by atoms with Crippen LogP contribution >= 0.6 is 15.9 Å². The molecule has 0 spiro atoms. The number of halogens is 1. The van der Waals surface area contributed by atoms with Crippen molar-refractivity contribution in [1.82, 2.24) is 10.2 Å². The third-order valence-electron chi connectivity index (χ3n) is 7.40. The van der Waals surface area contributed by atoms with Crippen molar-refractivity contribution in [3.63, 3.8) is 0 Å². The van der Waals surface area contributed by atoms with Gasteiger partial charge in [-0.05, 0) is 61.7 Å². The molecule has 1 atom stereocenters. The second-order valence-electron chi connectivity index (χ2n) is 10.2. The van der Waals surface area contributed by atoms with Crippen molar-refractivity contribution < 1.29 is 27.5 Å². The van der Waals surface area contributed by atoms with Crippen LogP contribution in [0.25, 0.3) is 0 Å². The number of nitrogens with one attached hydrogen (secondary N) is 1. The van der Waals surface area contributed by atoms with Crippen LogP contribution in [0.3, 0.4) is 0 Å². The van der Waals surface area contributed by atoms with Crippen LogP contribution in [-0.4, -0.2) is 58.0 Å². The van der Waals surface area contributed by atoms with Crippen LogP contribution in [0.15, 0.2) is 82.2 Å². The molecule has 1 aliphatic carbocycles. The number of hydrogen-bond donors (Lipinski definition) is 1. The second kappa shape index (κ2) is 14.1. The number of carbonyl (C=O) groups excluding carboxylic acids is 2. The summed E-state index contributed by atoms with van der Waals surface area (Å²) in [7, 11) is -1.36. The largest absolute Gasteiger partial charge is 0.493 e. The van der Waals surface area contributed by atoms with Gasteiger partial charge in [-0.2, -0.15) is 0 Å². The summed E-state index contributed by atoms with van der Waals surface area (Å²) in [6, 6.07) is 19.4. The SMILES string of the molecule is COc1ccc(S(=O)(=O)N(CC(=O)N(Cc2ccc(Br)cc2)[C@H](C)C(=O)NC2CCCC2)c2ccccc2)cc1OC. The van der Waals surface area contributed by atoms with E-state index >= 15 is 0 Å².